The van der Waals surface area contributed by atoms with Crippen molar-refractivity contribution in [3.05, 3.63) is 59.7 Å². The number of aryl methyl sites for hydroxylation is 1. The van der Waals surface area contributed by atoms with Crippen molar-refractivity contribution in [2.24, 2.45) is 0 Å². The van der Waals surface area contributed by atoms with Crippen LogP contribution in [-0.2, 0) is 6.42 Å². The highest BCUT2D eigenvalue weighted by atomic mass is 15.1. The van der Waals surface area contributed by atoms with Crippen LogP contribution in [0.2, 0.25) is 0 Å². The molecule has 20 heavy (non-hydrogen) atoms. The first-order valence-corrected chi connectivity index (χ1v) is 7.69. The SMILES string of the molecule is Cc1ccc(-c2ccc(CCN3CCCC3)cc2)cc1. The highest BCUT2D eigenvalue weighted by Crippen LogP contribution is 2.20. The van der Waals surface area contributed by atoms with Crippen LogP contribution in [-0.4, -0.2) is 24.5 Å². The van der Waals surface area contributed by atoms with Crippen LogP contribution in [0.25, 0.3) is 11.1 Å². The predicted octanol–water partition coefficient (Wildman–Crippen LogP) is 4.30. The second-order valence-electron chi connectivity index (χ2n) is 5.86. The van der Waals surface area contributed by atoms with E-state index in [2.05, 4.69) is 60.4 Å². The van der Waals surface area contributed by atoms with Gasteiger partial charge in [-0.05, 0) is 56.0 Å². The Labute approximate surface area is 122 Å². The first-order valence-electron chi connectivity index (χ1n) is 7.69. The number of hydrogen-bond donors (Lipinski definition) is 0. The smallest absolute Gasteiger partial charge is 0.00218 e. The molecule has 1 aliphatic rings. The fraction of sp³-hybridized carbons (Fsp3) is 0.368. The number of benzene rings is 2. The van der Waals surface area contributed by atoms with Crippen LogP contribution in [0.15, 0.2) is 48.5 Å². The van der Waals surface area contributed by atoms with Crippen LogP contribution in [0.1, 0.15) is 24.0 Å². The largest absolute Gasteiger partial charge is 0.303 e. The minimum absolute atomic E-state index is 1.17. The molecule has 1 aliphatic heterocycles. The molecule has 1 heterocycles. The molecule has 0 amide bonds. The van der Waals surface area contributed by atoms with Gasteiger partial charge in [-0.2, -0.15) is 0 Å². The maximum Gasteiger partial charge on any atom is 0.00218 e. The lowest BCUT2D eigenvalue weighted by atomic mass is 10.0. The molecule has 104 valence electrons. The highest BCUT2D eigenvalue weighted by Gasteiger charge is 2.10. The number of nitrogens with zero attached hydrogens (tertiary/aromatic N) is 1. The Morgan fingerprint density at radius 3 is 1.95 bits per heavy atom. The van der Waals surface area contributed by atoms with Gasteiger partial charge < -0.3 is 4.90 Å². The Morgan fingerprint density at radius 1 is 0.800 bits per heavy atom. The molecule has 2 aromatic rings. The van der Waals surface area contributed by atoms with E-state index in [0.29, 0.717) is 0 Å². The third kappa shape index (κ3) is 3.29. The van der Waals surface area contributed by atoms with Gasteiger partial charge >= 0.3 is 0 Å². The second-order valence-corrected chi connectivity index (χ2v) is 5.86. The average Bonchev–Trinajstić information content (AvgIpc) is 3.00. The van der Waals surface area contributed by atoms with Crippen molar-refractivity contribution in [1.82, 2.24) is 4.90 Å². The Kier molecular flexibility index (Phi) is 4.17. The molecular weight excluding hydrogens is 242 g/mol. The van der Waals surface area contributed by atoms with Crippen LogP contribution in [0.3, 0.4) is 0 Å². The number of rotatable bonds is 4. The van der Waals surface area contributed by atoms with E-state index < -0.39 is 0 Å². The van der Waals surface area contributed by atoms with Gasteiger partial charge in [0.2, 0.25) is 0 Å². The zero-order valence-electron chi connectivity index (χ0n) is 12.3. The molecule has 0 bridgehead atoms. The monoisotopic (exact) mass is 265 g/mol. The summed E-state index contributed by atoms with van der Waals surface area (Å²) in [5, 5.41) is 0. The van der Waals surface area contributed by atoms with Gasteiger partial charge in [-0.25, -0.2) is 0 Å². The molecule has 1 fully saturated rings. The summed E-state index contributed by atoms with van der Waals surface area (Å²) in [6.07, 6.45) is 3.94. The summed E-state index contributed by atoms with van der Waals surface area (Å²) in [4.78, 5) is 2.58. The van der Waals surface area contributed by atoms with E-state index in [9.17, 15) is 0 Å². The van der Waals surface area contributed by atoms with Crippen molar-refractivity contribution >= 4 is 0 Å². The normalized spacial score (nSPS) is 15.7. The quantitative estimate of drug-likeness (QED) is 0.796. The number of hydrogen-bond acceptors (Lipinski definition) is 1. The average molecular weight is 265 g/mol. The van der Waals surface area contributed by atoms with Crippen molar-refractivity contribution < 1.29 is 0 Å². The second kappa shape index (κ2) is 6.23. The van der Waals surface area contributed by atoms with Crippen LogP contribution in [0, 0.1) is 6.92 Å². The molecule has 0 aromatic heterocycles. The van der Waals surface area contributed by atoms with Crippen LogP contribution in [0.5, 0.6) is 0 Å². The van der Waals surface area contributed by atoms with Crippen LogP contribution < -0.4 is 0 Å². The van der Waals surface area contributed by atoms with Gasteiger partial charge in [0, 0.05) is 6.54 Å². The molecule has 0 radical (unpaired) electrons. The fourth-order valence-corrected chi connectivity index (χ4v) is 2.90. The third-order valence-corrected chi connectivity index (χ3v) is 4.25. The Hall–Kier alpha value is -1.60. The van der Waals surface area contributed by atoms with E-state index in [4.69, 9.17) is 0 Å². The summed E-state index contributed by atoms with van der Waals surface area (Å²) >= 11 is 0. The zero-order valence-corrected chi connectivity index (χ0v) is 12.3. The topological polar surface area (TPSA) is 3.24 Å². The van der Waals surface area contributed by atoms with E-state index in [-0.39, 0.29) is 0 Å². The lowest BCUT2D eigenvalue weighted by molar-refractivity contribution is 0.343. The predicted molar refractivity (Wildman–Crippen MR) is 86.0 cm³/mol. The summed E-state index contributed by atoms with van der Waals surface area (Å²) in [5.74, 6) is 0. The molecule has 0 N–H and O–H groups in total. The summed E-state index contributed by atoms with van der Waals surface area (Å²) in [6.45, 7) is 5.93. The van der Waals surface area contributed by atoms with E-state index in [1.54, 1.807) is 0 Å². The van der Waals surface area contributed by atoms with Crippen molar-refractivity contribution in [2.75, 3.05) is 19.6 Å². The molecule has 1 heteroatoms. The molecule has 0 spiro atoms. The first-order chi connectivity index (χ1) is 9.81. The highest BCUT2D eigenvalue weighted by molar-refractivity contribution is 5.63. The molecule has 0 saturated carbocycles. The molecule has 1 saturated heterocycles. The summed E-state index contributed by atoms with van der Waals surface area (Å²) in [6, 6.07) is 17.8. The van der Waals surface area contributed by atoms with Crippen molar-refractivity contribution in [1.29, 1.82) is 0 Å². The fourth-order valence-electron chi connectivity index (χ4n) is 2.90. The summed E-state index contributed by atoms with van der Waals surface area (Å²) in [7, 11) is 0. The van der Waals surface area contributed by atoms with Gasteiger partial charge in [0.15, 0.2) is 0 Å². The summed E-state index contributed by atoms with van der Waals surface area (Å²) < 4.78 is 0. The minimum Gasteiger partial charge on any atom is -0.303 e. The van der Waals surface area contributed by atoms with Crippen molar-refractivity contribution in [2.45, 2.75) is 26.2 Å². The Morgan fingerprint density at radius 2 is 1.35 bits per heavy atom. The zero-order chi connectivity index (χ0) is 13.8. The van der Waals surface area contributed by atoms with Gasteiger partial charge in [0.05, 0.1) is 0 Å². The summed E-state index contributed by atoms with van der Waals surface area (Å²) in [5.41, 5.74) is 5.39. The van der Waals surface area contributed by atoms with Crippen molar-refractivity contribution in [3.63, 3.8) is 0 Å². The van der Waals surface area contributed by atoms with E-state index >= 15 is 0 Å². The number of likely N-dealkylation sites (tertiary alicyclic amines) is 1. The van der Waals surface area contributed by atoms with E-state index in [1.807, 2.05) is 0 Å². The third-order valence-electron chi connectivity index (χ3n) is 4.25. The minimum atomic E-state index is 1.17. The molecule has 1 nitrogen and oxygen atoms in total. The van der Waals surface area contributed by atoms with Gasteiger partial charge in [-0.15, -0.1) is 0 Å². The molecule has 0 unspecified atom stereocenters. The van der Waals surface area contributed by atoms with E-state index in [1.165, 1.54) is 61.2 Å². The molecule has 0 aliphatic carbocycles. The van der Waals surface area contributed by atoms with E-state index in [0.717, 1.165) is 0 Å². The van der Waals surface area contributed by atoms with Crippen molar-refractivity contribution in [3.8, 4) is 11.1 Å². The molecular formula is C19H23N. The molecule has 2 aromatic carbocycles. The first kappa shape index (κ1) is 13.4. The standard InChI is InChI=1S/C19H23N/c1-16-4-8-18(9-5-16)19-10-6-17(7-11-19)12-15-20-13-2-3-14-20/h4-11H,2-3,12-15H2,1H3. The van der Waals surface area contributed by atoms with Gasteiger partial charge in [-0.1, -0.05) is 54.1 Å². The Bertz CT molecular complexity index is 533. The molecule has 3 rings (SSSR count). The van der Waals surface area contributed by atoms with Crippen LogP contribution in [0.4, 0.5) is 0 Å². The Balaban J connectivity index is 1.63. The van der Waals surface area contributed by atoms with Crippen LogP contribution >= 0.6 is 0 Å². The maximum absolute atomic E-state index is 2.58. The van der Waals surface area contributed by atoms with Gasteiger partial charge in [0.1, 0.15) is 0 Å². The van der Waals surface area contributed by atoms with Gasteiger partial charge in [0.25, 0.3) is 0 Å². The maximum atomic E-state index is 2.58. The molecule has 0 atom stereocenters. The lowest BCUT2D eigenvalue weighted by Gasteiger charge is -2.14. The lowest BCUT2D eigenvalue weighted by Crippen LogP contribution is -2.21. The van der Waals surface area contributed by atoms with Gasteiger partial charge in [-0.3, -0.25) is 0 Å².